The average Bonchev–Trinajstić information content (AvgIpc) is 2.81. The molecule has 1 amide bonds. The molecule has 1 N–H and O–H groups in total. The summed E-state index contributed by atoms with van der Waals surface area (Å²) in [6.07, 6.45) is 2.08. The van der Waals surface area contributed by atoms with Crippen molar-refractivity contribution >= 4 is 17.4 Å². The molecule has 1 aromatic rings. The van der Waals surface area contributed by atoms with Crippen molar-refractivity contribution in [3.63, 3.8) is 0 Å². The third-order valence-electron chi connectivity index (χ3n) is 3.11. The van der Waals surface area contributed by atoms with E-state index in [1.807, 2.05) is 6.92 Å². The molecule has 1 heterocycles. The van der Waals surface area contributed by atoms with Gasteiger partial charge in [-0.2, -0.15) is 4.37 Å². The largest absolute Gasteiger partial charge is 0.347 e. The van der Waals surface area contributed by atoms with Gasteiger partial charge in [-0.1, -0.05) is 13.8 Å². The van der Waals surface area contributed by atoms with Gasteiger partial charge in [-0.05, 0) is 57.9 Å². The van der Waals surface area contributed by atoms with Crippen molar-refractivity contribution in [2.75, 3.05) is 19.6 Å². The summed E-state index contributed by atoms with van der Waals surface area (Å²) in [5.41, 5.74) is 0. The van der Waals surface area contributed by atoms with Gasteiger partial charge < -0.3 is 10.2 Å². The Balaban J connectivity index is 2.27. The lowest BCUT2D eigenvalue weighted by Crippen LogP contribution is -2.33. The molecule has 0 saturated carbocycles. The van der Waals surface area contributed by atoms with Crippen LogP contribution in [0, 0.1) is 6.92 Å². The zero-order valence-electron chi connectivity index (χ0n) is 12.3. The van der Waals surface area contributed by atoms with Crippen LogP contribution in [-0.2, 0) is 0 Å². The molecule has 6 heteroatoms. The van der Waals surface area contributed by atoms with E-state index in [2.05, 4.69) is 33.4 Å². The summed E-state index contributed by atoms with van der Waals surface area (Å²) >= 11 is 1.15. The van der Waals surface area contributed by atoms with Crippen LogP contribution in [0.3, 0.4) is 0 Å². The van der Waals surface area contributed by atoms with E-state index < -0.39 is 0 Å². The first-order valence-corrected chi connectivity index (χ1v) is 7.67. The van der Waals surface area contributed by atoms with Crippen molar-refractivity contribution in [3.8, 4) is 0 Å². The maximum absolute atomic E-state index is 11.9. The van der Waals surface area contributed by atoms with Gasteiger partial charge in [0.1, 0.15) is 5.82 Å². The van der Waals surface area contributed by atoms with Crippen molar-refractivity contribution in [1.82, 2.24) is 19.6 Å². The lowest BCUT2D eigenvalue weighted by molar-refractivity contribution is 0.0936. The fourth-order valence-electron chi connectivity index (χ4n) is 1.91. The van der Waals surface area contributed by atoms with Gasteiger partial charge in [-0.25, -0.2) is 4.98 Å². The van der Waals surface area contributed by atoms with Gasteiger partial charge in [-0.3, -0.25) is 4.79 Å². The lowest BCUT2D eigenvalue weighted by atomic mass is 10.1. The second-order valence-corrected chi connectivity index (χ2v) is 5.44. The highest BCUT2D eigenvalue weighted by Crippen LogP contribution is 2.05. The van der Waals surface area contributed by atoms with Gasteiger partial charge in [0.05, 0.1) is 0 Å². The number of aryl methyl sites for hydroxylation is 1. The first kappa shape index (κ1) is 16.0. The summed E-state index contributed by atoms with van der Waals surface area (Å²) in [4.78, 5) is 18.3. The van der Waals surface area contributed by atoms with Crippen LogP contribution in [0.2, 0.25) is 0 Å². The molecule has 1 atom stereocenters. The first-order valence-electron chi connectivity index (χ1n) is 6.90. The fourth-order valence-corrected chi connectivity index (χ4v) is 2.48. The van der Waals surface area contributed by atoms with E-state index >= 15 is 0 Å². The number of nitrogens with zero attached hydrogens (tertiary/aromatic N) is 3. The second kappa shape index (κ2) is 8.22. The highest BCUT2D eigenvalue weighted by Gasteiger charge is 2.13. The third kappa shape index (κ3) is 5.65. The zero-order chi connectivity index (χ0) is 14.3. The molecule has 1 aromatic heterocycles. The molecule has 0 aliphatic heterocycles. The van der Waals surface area contributed by atoms with Crippen molar-refractivity contribution in [1.29, 1.82) is 0 Å². The number of rotatable bonds is 8. The van der Waals surface area contributed by atoms with Gasteiger partial charge in [0.15, 0.2) is 0 Å². The van der Waals surface area contributed by atoms with E-state index in [9.17, 15) is 4.79 Å². The standard InChI is InChI=1S/C13H24N4OS/c1-5-17(6-2)9-7-8-10(3)14-12(18)13-15-11(4)16-19-13/h10H,5-9H2,1-4H3,(H,14,18)/t10-/m1/s1. The first-order chi connectivity index (χ1) is 9.06. The molecular weight excluding hydrogens is 260 g/mol. The van der Waals surface area contributed by atoms with Crippen molar-refractivity contribution in [3.05, 3.63) is 10.8 Å². The number of carbonyl (C=O) groups excluding carboxylic acids is 1. The van der Waals surface area contributed by atoms with Crippen LogP contribution in [0.1, 0.15) is 49.2 Å². The molecule has 0 aliphatic carbocycles. The van der Waals surface area contributed by atoms with Gasteiger partial charge in [-0.15, -0.1) is 0 Å². The molecule has 0 aromatic carbocycles. The van der Waals surface area contributed by atoms with Crippen LogP contribution in [0.5, 0.6) is 0 Å². The molecule has 0 radical (unpaired) electrons. The van der Waals surface area contributed by atoms with E-state index in [0.29, 0.717) is 10.8 Å². The molecule has 1 rings (SSSR count). The monoisotopic (exact) mass is 284 g/mol. The minimum Gasteiger partial charge on any atom is -0.347 e. The number of amides is 1. The van der Waals surface area contributed by atoms with Crippen LogP contribution in [0.4, 0.5) is 0 Å². The third-order valence-corrected chi connectivity index (χ3v) is 3.91. The predicted octanol–water partition coefficient (Wildman–Crippen LogP) is 2.09. The van der Waals surface area contributed by atoms with E-state index in [-0.39, 0.29) is 11.9 Å². The normalized spacial score (nSPS) is 12.7. The number of hydrogen-bond donors (Lipinski definition) is 1. The quantitative estimate of drug-likeness (QED) is 0.794. The maximum Gasteiger partial charge on any atom is 0.282 e. The summed E-state index contributed by atoms with van der Waals surface area (Å²) in [6, 6.07) is 0.173. The Kier molecular flexibility index (Phi) is 6.94. The molecule has 0 fully saturated rings. The number of carbonyl (C=O) groups is 1. The average molecular weight is 284 g/mol. The molecule has 19 heavy (non-hydrogen) atoms. The van der Waals surface area contributed by atoms with Crippen LogP contribution in [-0.4, -0.2) is 45.8 Å². The molecule has 5 nitrogen and oxygen atoms in total. The van der Waals surface area contributed by atoms with Gasteiger partial charge >= 0.3 is 0 Å². The van der Waals surface area contributed by atoms with Crippen LogP contribution >= 0.6 is 11.5 Å². The molecule has 0 bridgehead atoms. The number of hydrogen-bond acceptors (Lipinski definition) is 5. The molecule has 0 spiro atoms. The van der Waals surface area contributed by atoms with Crippen molar-refractivity contribution in [2.24, 2.45) is 0 Å². The second-order valence-electron chi connectivity index (χ2n) is 4.69. The summed E-state index contributed by atoms with van der Waals surface area (Å²) < 4.78 is 4.02. The van der Waals surface area contributed by atoms with E-state index in [4.69, 9.17) is 0 Å². The van der Waals surface area contributed by atoms with Crippen molar-refractivity contribution in [2.45, 2.75) is 46.6 Å². The summed E-state index contributed by atoms with van der Waals surface area (Å²) in [5.74, 6) is 0.547. The summed E-state index contributed by atoms with van der Waals surface area (Å²) in [6.45, 7) is 11.4. The van der Waals surface area contributed by atoms with E-state index in [1.54, 1.807) is 6.92 Å². The number of nitrogens with one attached hydrogen (secondary N) is 1. The topological polar surface area (TPSA) is 58.1 Å². The molecule has 0 saturated heterocycles. The minimum absolute atomic E-state index is 0.110. The van der Waals surface area contributed by atoms with Crippen LogP contribution < -0.4 is 5.32 Å². The Hall–Kier alpha value is -1.01. The Morgan fingerprint density at radius 3 is 2.63 bits per heavy atom. The molecule has 0 aliphatic rings. The lowest BCUT2D eigenvalue weighted by Gasteiger charge is -2.19. The van der Waals surface area contributed by atoms with Crippen LogP contribution in [0.25, 0.3) is 0 Å². The van der Waals surface area contributed by atoms with Crippen LogP contribution in [0.15, 0.2) is 0 Å². The van der Waals surface area contributed by atoms with Crippen molar-refractivity contribution < 1.29 is 4.79 Å². The Labute approximate surface area is 119 Å². The van der Waals surface area contributed by atoms with Gasteiger partial charge in [0.2, 0.25) is 5.01 Å². The smallest absolute Gasteiger partial charge is 0.282 e. The molecule has 0 unspecified atom stereocenters. The zero-order valence-corrected chi connectivity index (χ0v) is 13.1. The Morgan fingerprint density at radius 1 is 1.42 bits per heavy atom. The van der Waals surface area contributed by atoms with E-state index in [1.165, 1.54) is 0 Å². The maximum atomic E-state index is 11.9. The highest BCUT2D eigenvalue weighted by atomic mass is 32.1. The summed E-state index contributed by atoms with van der Waals surface area (Å²) in [7, 11) is 0. The number of aromatic nitrogens is 2. The van der Waals surface area contributed by atoms with Gasteiger partial charge in [0, 0.05) is 6.04 Å². The Bertz CT molecular complexity index is 390. The van der Waals surface area contributed by atoms with E-state index in [0.717, 1.165) is 44.0 Å². The molecular formula is C13H24N4OS. The van der Waals surface area contributed by atoms with Gasteiger partial charge in [0.25, 0.3) is 5.91 Å². The molecule has 108 valence electrons. The minimum atomic E-state index is -0.110. The predicted molar refractivity (Wildman–Crippen MR) is 78.6 cm³/mol. The highest BCUT2D eigenvalue weighted by molar-refractivity contribution is 7.07. The SMILES string of the molecule is CCN(CC)CCC[C@@H](C)NC(=O)c1nc(C)ns1. The Morgan fingerprint density at radius 2 is 2.11 bits per heavy atom. The fraction of sp³-hybridized carbons (Fsp3) is 0.769. The summed E-state index contributed by atoms with van der Waals surface area (Å²) in [5, 5.41) is 3.42.